The lowest BCUT2D eigenvalue weighted by Gasteiger charge is -2.44. The molecule has 1 aromatic heterocycles. The van der Waals surface area contributed by atoms with Crippen molar-refractivity contribution >= 4 is 10.0 Å². The first-order chi connectivity index (χ1) is 9.18. The van der Waals surface area contributed by atoms with Crippen molar-refractivity contribution in [3.63, 3.8) is 0 Å². The molecule has 1 saturated heterocycles. The molecule has 0 radical (unpaired) electrons. The number of sulfonamides is 1. The van der Waals surface area contributed by atoms with Crippen LogP contribution in [0.1, 0.15) is 19.5 Å². The van der Waals surface area contributed by atoms with Crippen molar-refractivity contribution in [2.75, 3.05) is 26.7 Å². The summed E-state index contributed by atoms with van der Waals surface area (Å²) in [4.78, 5) is 2.42. The molecule has 1 aromatic rings. The van der Waals surface area contributed by atoms with E-state index in [1.165, 1.54) is 4.31 Å². The van der Waals surface area contributed by atoms with Crippen LogP contribution >= 0.6 is 0 Å². The molecule has 7 heteroatoms. The highest BCUT2D eigenvalue weighted by atomic mass is 32.2. The van der Waals surface area contributed by atoms with Crippen LogP contribution < -0.4 is 0 Å². The van der Waals surface area contributed by atoms with E-state index in [9.17, 15) is 13.5 Å². The Hall–Kier alpha value is -0.890. The molecule has 0 aliphatic carbocycles. The summed E-state index contributed by atoms with van der Waals surface area (Å²) in [6.07, 6.45) is 1.56. The molecule has 2 rings (SSSR count). The van der Waals surface area contributed by atoms with Gasteiger partial charge in [0.1, 0.15) is 4.90 Å². The minimum atomic E-state index is -3.49. The minimum Gasteiger partial charge on any atom is -0.390 e. The van der Waals surface area contributed by atoms with E-state index in [4.69, 9.17) is 0 Å². The van der Waals surface area contributed by atoms with Crippen LogP contribution in [0.3, 0.4) is 0 Å². The fourth-order valence-corrected chi connectivity index (χ4v) is 4.11. The molecular weight excluding hydrogens is 278 g/mol. The third kappa shape index (κ3) is 2.63. The quantitative estimate of drug-likeness (QED) is 0.868. The first kappa shape index (κ1) is 15.5. The molecule has 0 saturated carbocycles. The molecule has 6 nitrogen and oxygen atoms in total. The van der Waals surface area contributed by atoms with Gasteiger partial charge in [0.2, 0.25) is 10.0 Å². The van der Waals surface area contributed by atoms with Gasteiger partial charge in [-0.15, -0.1) is 0 Å². The molecule has 0 aromatic carbocycles. The summed E-state index contributed by atoms with van der Waals surface area (Å²) in [7, 11) is 0.251. The Morgan fingerprint density at radius 1 is 1.30 bits per heavy atom. The smallest absolute Gasteiger partial charge is 0.244 e. The van der Waals surface area contributed by atoms with Gasteiger partial charge in [-0.05, 0) is 27.0 Å². The van der Waals surface area contributed by atoms with Crippen LogP contribution in [0.15, 0.2) is 17.2 Å². The number of piperazine rings is 1. The molecular formula is C13H23N3O3S. The van der Waals surface area contributed by atoms with Crippen molar-refractivity contribution in [2.24, 2.45) is 7.05 Å². The highest BCUT2D eigenvalue weighted by Crippen LogP contribution is 2.25. The highest BCUT2D eigenvalue weighted by molar-refractivity contribution is 7.89. The maximum absolute atomic E-state index is 12.7. The van der Waals surface area contributed by atoms with Gasteiger partial charge in [0, 0.05) is 44.1 Å². The Kier molecular flexibility index (Phi) is 3.98. The Bertz CT molecular complexity index is 592. The van der Waals surface area contributed by atoms with Crippen molar-refractivity contribution in [3.05, 3.63) is 18.0 Å². The predicted octanol–water partition coefficient (Wildman–Crippen LogP) is 0.232. The lowest BCUT2D eigenvalue weighted by atomic mass is 10.0. The molecule has 114 valence electrons. The summed E-state index contributed by atoms with van der Waals surface area (Å²) in [5.74, 6) is 0. The predicted molar refractivity (Wildman–Crippen MR) is 76.8 cm³/mol. The number of aliphatic hydroxyl groups excluding tert-OH is 1. The Balaban J connectivity index is 2.31. The molecule has 0 spiro atoms. The summed E-state index contributed by atoms with van der Waals surface area (Å²) in [6.45, 7) is 5.59. The zero-order chi connectivity index (χ0) is 15.1. The van der Waals surface area contributed by atoms with Crippen LogP contribution in [0, 0.1) is 0 Å². The molecule has 2 heterocycles. The van der Waals surface area contributed by atoms with Crippen molar-refractivity contribution < 1.29 is 13.5 Å². The van der Waals surface area contributed by atoms with Gasteiger partial charge in [0.15, 0.2) is 0 Å². The zero-order valence-electron chi connectivity index (χ0n) is 12.5. The van der Waals surface area contributed by atoms with E-state index >= 15 is 0 Å². The van der Waals surface area contributed by atoms with Gasteiger partial charge in [0.25, 0.3) is 0 Å². The van der Waals surface area contributed by atoms with Gasteiger partial charge < -0.3 is 9.67 Å². The first-order valence-corrected chi connectivity index (χ1v) is 8.10. The zero-order valence-corrected chi connectivity index (χ0v) is 13.3. The number of hydrogen-bond acceptors (Lipinski definition) is 4. The van der Waals surface area contributed by atoms with Gasteiger partial charge in [-0.3, -0.25) is 4.90 Å². The topological polar surface area (TPSA) is 65.8 Å². The van der Waals surface area contributed by atoms with E-state index in [-0.39, 0.29) is 17.0 Å². The van der Waals surface area contributed by atoms with E-state index in [0.29, 0.717) is 25.3 Å². The van der Waals surface area contributed by atoms with Crippen LogP contribution in [0.2, 0.25) is 0 Å². The van der Waals surface area contributed by atoms with Crippen molar-refractivity contribution in [1.29, 1.82) is 0 Å². The second kappa shape index (κ2) is 5.14. The Morgan fingerprint density at radius 2 is 1.95 bits per heavy atom. The number of nitrogens with zero attached hydrogens (tertiary/aromatic N) is 3. The van der Waals surface area contributed by atoms with Crippen molar-refractivity contribution in [1.82, 2.24) is 13.8 Å². The maximum atomic E-state index is 12.7. The van der Waals surface area contributed by atoms with Gasteiger partial charge in [-0.25, -0.2) is 8.42 Å². The van der Waals surface area contributed by atoms with E-state index in [1.54, 1.807) is 23.9 Å². The Morgan fingerprint density at radius 3 is 2.45 bits per heavy atom. The molecule has 0 bridgehead atoms. The van der Waals surface area contributed by atoms with Crippen LogP contribution in [-0.2, 0) is 23.7 Å². The van der Waals surface area contributed by atoms with Gasteiger partial charge in [-0.1, -0.05) is 0 Å². The summed E-state index contributed by atoms with van der Waals surface area (Å²) < 4.78 is 28.5. The van der Waals surface area contributed by atoms with Crippen molar-refractivity contribution in [3.8, 4) is 0 Å². The number of rotatable bonds is 3. The van der Waals surface area contributed by atoms with Crippen LogP contribution in [-0.4, -0.2) is 59.5 Å². The van der Waals surface area contributed by atoms with Gasteiger partial charge >= 0.3 is 0 Å². The normalized spacial score (nSPS) is 21.2. The lowest BCUT2D eigenvalue weighted by Crippen LogP contribution is -2.58. The lowest BCUT2D eigenvalue weighted by molar-refractivity contribution is 0.0801. The molecule has 20 heavy (non-hydrogen) atoms. The van der Waals surface area contributed by atoms with Crippen molar-refractivity contribution in [2.45, 2.75) is 30.9 Å². The van der Waals surface area contributed by atoms with E-state index in [0.717, 1.165) is 0 Å². The van der Waals surface area contributed by atoms with E-state index < -0.39 is 10.0 Å². The average Bonchev–Trinajstić information content (AvgIpc) is 2.74. The standard InChI is InChI=1S/C13H23N3O3S/c1-13(2)10-16(6-5-15(13)4)20(18,19)12-7-11(9-17)14(3)8-12/h7-8,17H,5-6,9-10H2,1-4H3. The summed E-state index contributed by atoms with van der Waals surface area (Å²) in [6, 6.07) is 1.54. The second-order valence-corrected chi connectivity index (χ2v) is 7.95. The van der Waals surface area contributed by atoms with Crippen LogP contribution in [0.4, 0.5) is 0 Å². The number of likely N-dealkylation sites (N-methyl/N-ethyl adjacent to an activating group) is 1. The maximum Gasteiger partial charge on any atom is 0.244 e. The summed E-state index contributed by atoms with van der Waals surface area (Å²) in [5.41, 5.74) is 0.414. The third-order valence-corrected chi connectivity index (χ3v) is 5.97. The fraction of sp³-hybridized carbons (Fsp3) is 0.692. The number of aromatic nitrogens is 1. The third-order valence-electron chi connectivity index (χ3n) is 4.16. The molecule has 0 atom stereocenters. The molecule has 1 aliphatic rings. The molecule has 0 unspecified atom stereocenters. The van der Waals surface area contributed by atoms with E-state index in [2.05, 4.69) is 4.90 Å². The average molecular weight is 301 g/mol. The minimum absolute atomic E-state index is 0.166. The SMILES string of the molecule is CN1CCN(S(=O)(=O)c2cc(CO)n(C)c2)CC1(C)C. The van der Waals surface area contributed by atoms with Crippen LogP contribution in [0.25, 0.3) is 0 Å². The summed E-state index contributed by atoms with van der Waals surface area (Å²) >= 11 is 0. The molecule has 1 N–H and O–H groups in total. The van der Waals surface area contributed by atoms with Gasteiger partial charge in [0.05, 0.1) is 6.61 Å². The molecule has 1 fully saturated rings. The number of aryl methyl sites for hydroxylation is 1. The number of hydrogen-bond donors (Lipinski definition) is 1. The molecule has 1 aliphatic heterocycles. The van der Waals surface area contributed by atoms with Gasteiger partial charge in [-0.2, -0.15) is 4.31 Å². The number of aliphatic hydroxyl groups is 1. The molecule has 0 amide bonds. The van der Waals surface area contributed by atoms with E-state index in [1.807, 2.05) is 20.9 Å². The highest BCUT2D eigenvalue weighted by Gasteiger charge is 2.37. The largest absolute Gasteiger partial charge is 0.390 e. The Labute approximate surface area is 120 Å². The summed E-state index contributed by atoms with van der Waals surface area (Å²) in [5, 5.41) is 9.19. The monoisotopic (exact) mass is 301 g/mol. The first-order valence-electron chi connectivity index (χ1n) is 6.66. The van der Waals surface area contributed by atoms with Crippen LogP contribution in [0.5, 0.6) is 0 Å². The second-order valence-electron chi connectivity index (χ2n) is 6.01. The fourth-order valence-electron chi connectivity index (χ4n) is 2.43.